The minimum Gasteiger partial charge on any atom is -0.355 e. The SMILES string of the molecule is O=C(NCCc1cccs1)[C@@H]1CCCN(C(=O)c2cc3ccccc3[nH]2)C1. The van der Waals surface area contributed by atoms with Gasteiger partial charge >= 0.3 is 0 Å². The van der Waals surface area contributed by atoms with Gasteiger partial charge in [0.2, 0.25) is 5.91 Å². The molecule has 2 aromatic heterocycles. The molecule has 0 bridgehead atoms. The van der Waals surface area contributed by atoms with Gasteiger partial charge in [-0.05, 0) is 42.8 Å². The van der Waals surface area contributed by atoms with Crippen molar-refractivity contribution in [3.63, 3.8) is 0 Å². The number of benzene rings is 1. The number of aromatic amines is 1. The van der Waals surface area contributed by atoms with Gasteiger partial charge in [-0.25, -0.2) is 0 Å². The first kappa shape index (κ1) is 17.8. The second kappa shape index (κ2) is 7.96. The van der Waals surface area contributed by atoms with Crippen LogP contribution in [-0.4, -0.2) is 41.3 Å². The highest BCUT2D eigenvalue weighted by Gasteiger charge is 2.29. The van der Waals surface area contributed by atoms with E-state index in [-0.39, 0.29) is 17.7 Å². The van der Waals surface area contributed by atoms with Crippen molar-refractivity contribution in [3.05, 3.63) is 58.4 Å². The van der Waals surface area contributed by atoms with Gasteiger partial charge in [0.25, 0.3) is 5.91 Å². The molecule has 6 heteroatoms. The van der Waals surface area contributed by atoms with Crippen molar-refractivity contribution in [2.45, 2.75) is 19.3 Å². The minimum absolute atomic E-state index is 0.0257. The van der Waals surface area contributed by atoms with Crippen molar-refractivity contribution in [1.82, 2.24) is 15.2 Å². The third-order valence-electron chi connectivity index (χ3n) is 5.09. The summed E-state index contributed by atoms with van der Waals surface area (Å²) in [4.78, 5) is 31.7. The van der Waals surface area contributed by atoms with Crippen molar-refractivity contribution in [3.8, 4) is 0 Å². The Hall–Kier alpha value is -2.60. The number of nitrogens with zero attached hydrogens (tertiary/aromatic N) is 1. The molecule has 3 aromatic rings. The first-order valence-electron chi connectivity index (χ1n) is 9.38. The highest BCUT2D eigenvalue weighted by atomic mass is 32.1. The fourth-order valence-corrected chi connectivity index (χ4v) is 4.35. The fourth-order valence-electron chi connectivity index (χ4n) is 3.64. The number of carbonyl (C=O) groups is 2. The standard InChI is InChI=1S/C21H23N3O2S/c25-20(22-10-9-17-7-4-12-27-17)16-6-3-11-24(14-16)21(26)19-13-15-5-1-2-8-18(15)23-19/h1-2,4-5,7-8,12-13,16,23H,3,6,9-11,14H2,(H,22,25)/t16-/m1/s1. The molecule has 1 aliphatic rings. The van der Waals surface area contributed by atoms with Crippen LogP contribution in [0, 0.1) is 5.92 Å². The number of amides is 2. The first-order valence-corrected chi connectivity index (χ1v) is 10.3. The molecular weight excluding hydrogens is 358 g/mol. The van der Waals surface area contributed by atoms with Crippen LogP contribution >= 0.6 is 11.3 Å². The summed E-state index contributed by atoms with van der Waals surface area (Å²) < 4.78 is 0. The van der Waals surface area contributed by atoms with Crippen molar-refractivity contribution >= 4 is 34.1 Å². The van der Waals surface area contributed by atoms with Crippen LogP contribution in [0.1, 0.15) is 28.2 Å². The van der Waals surface area contributed by atoms with E-state index in [9.17, 15) is 9.59 Å². The molecule has 0 saturated carbocycles. The number of nitrogens with one attached hydrogen (secondary N) is 2. The molecule has 1 fully saturated rings. The van der Waals surface area contributed by atoms with Gasteiger partial charge < -0.3 is 15.2 Å². The second-order valence-corrected chi connectivity index (χ2v) is 8.01. The van der Waals surface area contributed by atoms with E-state index in [2.05, 4.69) is 16.4 Å². The topological polar surface area (TPSA) is 65.2 Å². The minimum atomic E-state index is -0.129. The average molecular weight is 382 g/mol. The summed E-state index contributed by atoms with van der Waals surface area (Å²) in [5, 5.41) is 6.11. The van der Waals surface area contributed by atoms with E-state index in [1.807, 2.05) is 41.8 Å². The lowest BCUT2D eigenvalue weighted by molar-refractivity contribution is -0.126. The number of hydrogen-bond donors (Lipinski definition) is 2. The molecule has 140 valence electrons. The maximum Gasteiger partial charge on any atom is 0.270 e. The van der Waals surface area contributed by atoms with Gasteiger partial charge in [-0.2, -0.15) is 0 Å². The number of aromatic nitrogens is 1. The average Bonchev–Trinajstić information content (AvgIpc) is 3.37. The van der Waals surface area contributed by atoms with Crippen molar-refractivity contribution in [2.75, 3.05) is 19.6 Å². The molecule has 1 atom stereocenters. The molecule has 0 spiro atoms. The predicted molar refractivity (Wildman–Crippen MR) is 108 cm³/mol. The normalized spacial score (nSPS) is 17.2. The maximum atomic E-state index is 12.9. The molecule has 2 amide bonds. The number of para-hydroxylation sites is 1. The Bertz CT molecular complexity index is 899. The summed E-state index contributed by atoms with van der Waals surface area (Å²) >= 11 is 1.71. The molecule has 0 aliphatic carbocycles. The number of H-pyrrole nitrogens is 1. The van der Waals surface area contributed by atoms with Crippen LogP contribution in [0.15, 0.2) is 47.8 Å². The lowest BCUT2D eigenvalue weighted by Gasteiger charge is -2.31. The van der Waals surface area contributed by atoms with Gasteiger partial charge in [0, 0.05) is 35.4 Å². The highest BCUT2D eigenvalue weighted by molar-refractivity contribution is 7.09. The van der Waals surface area contributed by atoms with Crippen LogP contribution < -0.4 is 5.32 Å². The van der Waals surface area contributed by atoms with Crippen LogP contribution in [0.2, 0.25) is 0 Å². The number of hydrogen-bond acceptors (Lipinski definition) is 3. The molecule has 1 aliphatic heterocycles. The summed E-state index contributed by atoms with van der Waals surface area (Å²) in [5.74, 6) is -0.0987. The van der Waals surface area contributed by atoms with Gasteiger partial charge in [-0.3, -0.25) is 9.59 Å². The first-order chi connectivity index (χ1) is 13.2. The molecule has 3 heterocycles. The fraction of sp³-hybridized carbons (Fsp3) is 0.333. The monoisotopic (exact) mass is 381 g/mol. The Kier molecular flexibility index (Phi) is 5.25. The van der Waals surface area contributed by atoms with E-state index in [1.165, 1.54) is 4.88 Å². The molecule has 27 heavy (non-hydrogen) atoms. The quantitative estimate of drug-likeness (QED) is 0.711. The van der Waals surface area contributed by atoms with E-state index < -0.39 is 0 Å². The van der Waals surface area contributed by atoms with Crippen molar-refractivity contribution in [2.24, 2.45) is 5.92 Å². The smallest absolute Gasteiger partial charge is 0.270 e. The van der Waals surface area contributed by atoms with Gasteiger partial charge in [0.15, 0.2) is 0 Å². The lowest BCUT2D eigenvalue weighted by atomic mass is 9.97. The van der Waals surface area contributed by atoms with Crippen LogP contribution in [-0.2, 0) is 11.2 Å². The molecule has 1 saturated heterocycles. The number of thiophene rings is 1. The lowest BCUT2D eigenvalue weighted by Crippen LogP contribution is -2.45. The van der Waals surface area contributed by atoms with E-state index in [1.54, 1.807) is 16.2 Å². The zero-order valence-electron chi connectivity index (χ0n) is 15.1. The number of rotatable bonds is 5. The summed E-state index contributed by atoms with van der Waals surface area (Å²) in [7, 11) is 0. The number of fused-ring (bicyclic) bond motifs is 1. The van der Waals surface area contributed by atoms with Crippen LogP contribution in [0.5, 0.6) is 0 Å². The Morgan fingerprint density at radius 1 is 1.22 bits per heavy atom. The van der Waals surface area contributed by atoms with Crippen LogP contribution in [0.3, 0.4) is 0 Å². The summed E-state index contributed by atoms with van der Waals surface area (Å²) in [5.41, 5.74) is 1.55. The van der Waals surface area contributed by atoms with E-state index in [4.69, 9.17) is 0 Å². The number of piperidine rings is 1. The molecule has 2 N–H and O–H groups in total. The molecular formula is C21H23N3O2S. The Balaban J connectivity index is 1.35. The Morgan fingerprint density at radius 2 is 2.11 bits per heavy atom. The number of likely N-dealkylation sites (tertiary alicyclic amines) is 1. The van der Waals surface area contributed by atoms with Crippen molar-refractivity contribution in [1.29, 1.82) is 0 Å². The van der Waals surface area contributed by atoms with Crippen LogP contribution in [0.25, 0.3) is 10.9 Å². The second-order valence-electron chi connectivity index (χ2n) is 6.98. The summed E-state index contributed by atoms with van der Waals surface area (Å²) in [6, 6.07) is 13.9. The molecule has 1 aromatic carbocycles. The third kappa shape index (κ3) is 4.06. The van der Waals surface area contributed by atoms with Crippen LogP contribution in [0.4, 0.5) is 0 Å². The largest absolute Gasteiger partial charge is 0.355 e. The Labute approximate surface area is 162 Å². The van der Waals surface area contributed by atoms with Gasteiger partial charge in [-0.15, -0.1) is 11.3 Å². The Morgan fingerprint density at radius 3 is 2.93 bits per heavy atom. The van der Waals surface area contributed by atoms with Gasteiger partial charge in [-0.1, -0.05) is 24.3 Å². The number of carbonyl (C=O) groups excluding carboxylic acids is 2. The summed E-state index contributed by atoms with van der Waals surface area (Å²) in [6.45, 7) is 1.83. The zero-order chi connectivity index (χ0) is 18.6. The zero-order valence-corrected chi connectivity index (χ0v) is 15.9. The predicted octanol–water partition coefficient (Wildman–Crippen LogP) is 3.44. The molecule has 0 radical (unpaired) electrons. The third-order valence-corrected chi connectivity index (χ3v) is 6.03. The van der Waals surface area contributed by atoms with Gasteiger partial charge in [0.05, 0.1) is 5.92 Å². The molecule has 4 rings (SSSR count). The van der Waals surface area contributed by atoms with E-state index in [0.29, 0.717) is 25.3 Å². The molecule has 5 nitrogen and oxygen atoms in total. The van der Waals surface area contributed by atoms with Crippen molar-refractivity contribution < 1.29 is 9.59 Å². The van der Waals surface area contributed by atoms with E-state index in [0.717, 1.165) is 30.2 Å². The highest BCUT2D eigenvalue weighted by Crippen LogP contribution is 2.21. The van der Waals surface area contributed by atoms with E-state index >= 15 is 0 Å². The maximum absolute atomic E-state index is 12.9. The van der Waals surface area contributed by atoms with Gasteiger partial charge in [0.1, 0.15) is 5.69 Å². The summed E-state index contributed by atoms with van der Waals surface area (Å²) in [6.07, 6.45) is 2.55. The molecule has 0 unspecified atom stereocenters.